The zero-order chi connectivity index (χ0) is 29.9. The molecule has 0 aliphatic heterocycles. The molecule has 0 saturated heterocycles. The van der Waals surface area contributed by atoms with Crippen LogP contribution in [0.5, 0.6) is 0 Å². The van der Waals surface area contributed by atoms with E-state index in [-0.39, 0.29) is 0 Å². The fraction of sp³-hybridized carbons (Fsp3) is 0. The highest BCUT2D eigenvalue weighted by Crippen LogP contribution is 2.46. The maximum atomic E-state index is 2.53. The molecule has 214 valence electrons. The second-order valence-electron chi connectivity index (χ2n) is 12.1. The molecular formula is C42H24N2S2. The SMILES string of the molecule is c1ccc(-n2c3ccccc3c3ccc4c5ccccc5sc4c32)c(-n2c3ccccc3c3ccc4c5ccccc5sc4c32)c1. The minimum atomic E-state index is 1.18. The van der Waals surface area contributed by atoms with Crippen LogP contribution in [0.1, 0.15) is 0 Å². The maximum Gasteiger partial charge on any atom is 0.0720 e. The lowest BCUT2D eigenvalue weighted by molar-refractivity contribution is 1.10. The summed E-state index contributed by atoms with van der Waals surface area (Å²) in [5.74, 6) is 0. The van der Waals surface area contributed by atoms with Crippen LogP contribution in [0.4, 0.5) is 0 Å². The number of fused-ring (bicyclic) bond motifs is 14. The van der Waals surface area contributed by atoms with Gasteiger partial charge in [-0.05, 0) is 36.4 Å². The summed E-state index contributed by atoms with van der Waals surface area (Å²) in [6.45, 7) is 0. The number of rotatable bonds is 2. The highest BCUT2D eigenvalue weighted by molar-refractivity contribution is 7.27. The molecule has 0 amide bonds. The molecule has 0 aliphatic carbocycles. The third-order valence-electron chi connectivity index (χ3n) is 9.72. The number of aromatic nitrogens is 2. The molecule has 2 nitrogen and oxygen atoms in total. The van der Waals surface area contributed by atoms with Gasteiger partial charge < -0.3 is 9.13 Å². The summed E-state index contributed by atoms with van der Waals surface area (Å²) in [4.78, 5) is 0. The van der Waals surface area contributed by atoms with Crippen LogP contribution in [0.25, 0.3) is 95.3 Å². The van der Waals surface area contributed by atoms with E-state index in [1.54, 1.807) is 0 Å². The van der Waals surface area contributed by atoms with Crippen molar-refractivity contribution in [1.82, 2.24) is 9.13 Å². The highest BCUT2D eigenvalue weighted by atomic mass is 32.1. The van der Waals surface area contributed by atoms with Gasteiger partial charge in [-0.3, -0.25) is 0 Å². The van der Waals surface area contributed by atoms with E-state index in [4.69, 9.17) is 0 Å². The Bertz CT molecular complexity index is 2830. The molecule has 11 rings (SSSR count). The highest BCUT2D eigenvalue weighted by Gasteiger charge is 2.23. The number of nitrogens with zero attached hydrogens (tertiary/aromatic N) is 2. The van der Waals surface area contributed by atoms with Gasteiger partial charge in [0.15, 0.2) is 0 Å². The van der Waals surface area contributed by atoms with E-state index in [9.17, 15) is 0 Å². The van der Waals surface area contributed by atoms with Gasteiger partial charge in [0.05, 0.1) is 42.8 Å². The fourth-order valence-electron chi connectivity index (χ4n) is 7.80. The van der Waals surface area contributed by atoms with Crippen LogP contribution in [0.3, 0.4) is 0 Å². The lowest BCUT2D eigenvalue weighted by Crippen LogP contribution is -2.03. The molecule has 0 fully saturated rings. The van der Waals surface area contributed by atoms with E-state index in [1.807, 2.05) is 22.7 Å². The van der Waals surface area contributed by atoms with Crippen molar-refractivity contribution in [2.45, 2.75) is 0 Å². The van der Waals surface area contributed by atoms with Crippen molar-refractivity contribution >= 4 is 107 Å². The predicted octanol–water partition coefficient (Wildman–Crippen LogP) is 12.6. The zero-order valence-electron chi connectivity index (χ0n) is 24.6. The van der Waals surface area contributed by atoms with Gasteiger partial charge in [0.25, 0.3) is 0 Å². The van der Waals surface area contributed by atoms with Crippen LogP contribution in [0, 0.1) is 0 Å². The molecule has 0 aliphatic rings. The van der Waals surface area contributed by atoms with Crippen molar-refractivity contribution in [3.63, 3.8) is 0 Å². The molecule has 0 radical (unpaired) electrons. The van der Waals surface area contributed by atoms with Crippen molar-refractivity contribution in [3.05, 3.63) is 146 Å². The zero-order valence-corrected chi connectivity index (χ0v) is 26.2. The average Bonchev–Trinajstić information content (AvgIpc) is 3.86. The first-order valence-corrected chi connectivity index (χ1v) is 17.2. The average molecular weight is 621 g/mol. The quantitative estimate of drug-likeness (QED) is 0.182. The second kappa shape index (κ2) is 9.07. The Kier molecular flexibility index (Phi) is 4.90. The molecule has 0 N–H and O–H groups in total. The van der Waals surface area contributed by atoms with E-state index in [0.29, 0.717) is 0 Å². The number of para-hydroxylation sites is 4. The lowest BCUT2D eigenvalue weighted by atomic mass is 10.1. The smallest absolute Gasteiger partial charge is 0.0720 e. The van der Waals surface area contributed by atoms with E-state index in [2.05, 4.69) is 155 Å². The van der Waals surface area contributed by atoms with Gasteiger partial charge in [-0.25, -0.2) is 0 Å². The van der Waals surface area contributed by atoms with Crippen LogP contribution in [0.15, 0.2) is 146 Å². The topological polar surface area (TPSA) is 9.86 Å². The molecule has 0 atom stereocenters. The van der Waals surface area contributed by atoms with Gasteiger partial charge >= 0.3 is 0 Å². The monoisotopic (exact) mass is 620 g/mol. The Morgan fingerprint density at radius 1 is 0.304 bits per heavy atom. The molecule has 0 unspecified atom stereocenters. The van der Waals surface area contributed by atoms with Gasteiger partial charge in [-0.15, -0.1) is 22.7 Å². The lowest BCUT2D eigenvalue weighted by Gasteiger charge is -2.17. The first kappa shape index (κ1) is 24.8. The van der Waals surface area contributed by atoms with Crippen molar-refractivity contribution in [2.75, 3.05) is 0 Å². The van der Waals surface area contributed by atoms with Crippen LogP contribution >= 0.6 is 22.7 Å². The van der Waals surface area contributed by atoms with Gasteiger partial charge in [0.1, 0.15) is 0 Å². The molecule has 46 heavy (non-hydrogen) atoms. The molecule has 0 bridgehead atoms. The first-order chi connectivity index (χ1) is 22.8. The van der Waals surface area contributed by atoms with Gasteiger partial charge in [0, 0.05) is 52.5 Å². The number of hydrogen-bond acceptors (Lipinski definition) is 2. The maximum absolute atomic E-state index is 2.53. The summed E-state index contributed by atoms with van der Waals surface area (Å²) in [6.07, 6.45) is 0. The summed E-state index contributed by atoms with van der Waals surface area (Å²) in [5, 5.41) is 10.4. The molecule has 0 saturated carbocycles. The van der Waals surface area contributed by atoms with Gasteiger partial charge in [-0.1, -0.05) is 109 Å². The number of hydrogen-bond donors (Lipinski definition) is 0. The molecule has 7 aromatic carbocycles. The van der Waals surface area contributed by atoms with Crippen molar-refractivity contribution < 1.29 is 0 Å². The summed E-state index contributed by atoms with van der Waals surface area (Å²) in [7, 11) is 0. The summed E-state index contributed by atoms with van der Waals surface area (Å²) in [6, 6.07) is 53.7. The van der Waals surface area contributed by atoms with Crippen molar-refractivity contribution in [1.29, 1.82) is 0 Å². The molecule has 4 heterocycles. The van der Waals surface area contributed by atoms with Crippen molar-refractivity contribution in [3.8, 4) is 11.4 Å². The summed E-state index contributed by atoms with van der Waals surface area (Å²) in [5.41, 5.74) is 7.37. The van der Waals surface area contributed by atoms with E-state index < -0.39 is 0 Å². The summed E-state index contributed by atoms with van der Waals surface area (Å²) >= 11 is 3.80. The number of benzene rings is 7. The second-order valence-corrected chi connectivity index (χ2v) is 14.2. The van der Waals surface area contributed by atoms with Gasteiger partial charge in [-0.2, -0.15) is 0 Å². The van der Waals surface area contributed by atoms with Crippen LogP contribution in [-0.4, -0.2) is 9.13 Å². The standard InChI is InChI=1S/C42H24N2S2/c1-5-15-33-25(11-1)29-21-23-31-27-13-3-9-19-37(27)45-41(31)39(29)43(33)35-17-7-8-18-36(35)44-34-16-6-2-12-26(34)30-22-24-32-28-14-4-10-20-38(28)46-42(32)40(30)44/h1-24H. The Morgan fingerprint density at radius 3 is 1.15 bits per heavy atom. The van der Waals surface area contributed by atoms with Crippen LogP contribution in [0.2, 0.25) is 0 Å². The Labute approximate surface area is 271 Å². The Balaban J connectivity index is 1.34. The third-order valence-corrected chi connectivity index (χ3v) is 12.1. The summed E-state index contributed by atoms with van der Waals surface area (Å²) < 4.78 is 10.4. The Morgan fingerprint density at radius 2 is 0.674 bits per heavy atom. The molecular weight excluding hydrogens is 597 g/mol. The fourth-order valence-corrected chi connectivity index (χ4v) is 10.3. The predicted molar refractivity (Wildman–Crippen MR) is 201 cm³/mol. The third kappa shape index (κ3) is 3.15. The minimum Gasteiger partial charge on any atom is -0.306 e. The first-order valence-electron chi connectivity index (χ1n) is 15.6. The molecule has 4 heteroatoms. The largest absolute Gasteiger partial charge is 0.306 e. The molecule has 4 aromatic heterocycles. The van der Waals surface area contributed by atoms with Crippen molar-refractivity contribution in [2.24, 2.45) is 0 Å². The number of thiophene rings is 2. The molecule has 0 spiro atoms. The van der Waals surface area contributed by atoms with Gasteiger partial charge in [0.2, 0.25) is 0 Å². The van der Waals surface area contributed by atoms with E-state index >= 15 is 0 Å². The molecule has 11 aromatic rings. The Hall–Kier alpha value is -5.42. The normalized spacial score (nSPS) is 12.3. The van der Waals surface area contributed by atoms with E-state index in [0.717, 1.165) is 0 Å². The van der Waals surface area contributed by atoms with E-state index in [1.165, 1.54) is 95.3 Å². The van der Waals surface area contributed by atoms with Crippen LogP contribution < -0.4 is 0 Å². The van der Waals surface area contributed by atoms with Crippen LogP contribution in [-0.2, 0) is 0 Å². The minimum absolute atomic E-state index is 1.18.